The molecular weight excluding hydrogens is 272 g/mol. The lowest BCUT2D eigenvalue weighted by Gasteiger charge is -2.27. The van der Waals surface area contributed by atoms with Crippen molar-refractivity contribution in [1.29, 1.82) is 0 Å². The fraction of sp³-hybridized carbons (Fsp3) is 0.600. The van der Waals surface area contributed by atoms with Crippen molar-refractivity contribution in [2.75, 3.05) is 30.7 Å². The largest absolute Gasteiger partial charge is 0.385 e. The highest BCUT2D eigenvalue weighted by Gasteiger charge is 2.25. The molecule has 0 unspecified atom stereocenters. The summed E-state index contributed by atoms with van der Waals surface area (Å²) >= 11 is 0. The predicted molar refractivity (Wildman–Crippen MR) is 81.6 cm³/mol. The number of rotatable bonds is 3. The number of para-hydroxylation sites is 1. The third-order valence-electron chi connectivity index (χ3n) is 4.25. The first-order valence-electron chi connectivity index (χ1n) is 7.49. The number of hydrogen-bond acceptors (Lipinski definition) is 3. The zero-order valence-corrected chi connectivity index (χ0v) is 12.6. The lowest BCUT2D eigenvalue weighted by atomic mass is 9.98. The van der Waals surface area contributed by atoms with E-state index in [1.54, 1.807) is 4.31 Å². The average Bonchev–Trinajstić information content (AvgIpc) is 2.46. The van der Waals surface area contributed by atoms with E-state index in [4.69, 9.17) is 0 Å². The third-order valence-corrected chi connectivity index (χ3v) is 6.20. The summed E-state index contributed by atoms with van der Waals surface area (Å²) < 4.78 is 25.7. The molecule has 2 aliphatic heterocycles. The highest BCUT2D eigenvalue weighted by Crippen LogP contribution is 2.27. The van der Waals surface area contributed by atoms with E-state index in [1.807, 2.05) is 0 Å². The Bertz CT molecular complexity index is 584. The van der Waals surface area contributed by atoms with Crippen LogP contribution in [0.15, 0.2) is 18.2 Å². The zero-order valence-electron chi connectivity index (χ0n) is 11.8. The van der Waals surface area contributed by atoms with Crippen LogP contribution in [-0.4, -0.2) is 38.1 Å². The van der Waals surface area contributed by atoms with Gasteiger partial charge in [-0.2, -0.15) is 0 Å². The highest BCUT2D eigenvalue weighted by molar-refractivity contribution is 7.89. The van der Waals surface area contributed by atoms with Gasteiger partial charge in [-0.15, -0.1) is 0 Å². The van der Waals surface area contributed by atoms with Crippen LogP contribution in [0, 0.1) is 0 Å². The normalized spacial score (nSPS) is 22.0. The molecular formula is C15H22N2O2S. The van der Waals surface area contributed by atoms with Crippen LogP contribution >= 0.6 is 0 Å². The minimum Gasteiger partial charge on any atom is -0.385 e. The van der Waals surface area contributed by atoms with Crippen molar-refractivity contribution in [3.8, 4) is 0 Å². The number of anilines is 1. The summed E-state index contributed by atoms with van der Waals surface area (Å²) in [4.78, 5) is 0. The van der Waals surface area contributed by atoms with Crippen molar-refractivity contribution in [1.82, 2.24) is 4.31 Å². The number of nitrogens with zero attached hydrogens (tertiary/aromatic N) is 1. The van der Waals surface area contributed by atoms with Gasteiger partial charge in [0, 0.05) is 25.3 Å². The Labute approximate surface area is 121 Å². The molecule has 1 N–H and O–H groups in total. The maximum absolute atomic E-state index is 12.0. The summed E-state index contributed by atoms with van der Waals surface area (Å²) in [6.45, 7) is 2.32. The van der Waals surface area contributed by atoms with Crippen molar-refractivity contribution < 1.29 is 8.42 Å². The van der Waals surface area contributed by atoms with Crippen LogP contribution in [0.3, 0.4) is 0 Å². The molecule has 0 atom stereocenters. The Morgan fingerprint density at radius 3 is 2.95 bits per heavy atom. The van der Waals surface area contributed by atoms with Gasteiger partial charge in [0.1, 0.15) is 0 Å². The zero-order chi connectivity index (χ0) is 14.0. The second kappa shape index (κ2) is 5.74. The first kappa shape index (κ1) is 13.9. The molecule has 1 saturated heterocycles. The third kappa shape index (κ3) is 2.83. The molecule has 0 spiro atoms. The highest BCUT2D eigenvalue weighted by atomic mass is 32.2. The number of sulfonamides is 1. The van der Waals surface area contributed by atoms with Crippen molar-refractivity contribution in [3.63, 3.8) is 0 Å². The smallest absolute Gasteiger partial charge is 0.214 e. The molecule has 0 bridgehead atoms. The van der Waals surface area contributed by atoms with Gasteiger partial charge in [0.05, 0.1) is 5.75 Å². The molecule has 0 saturated carbocycles. The summed E-state index contributed by atoms with van der Waals surface area (Å²) in [7, 11) is -3.00. The topological polar surface area (TPSA) is 49.4 Å². The molecule has 0 radical (unpaired) electrons. The van der Waals surface area contributed by atoms with Crippen molar-refractivity contribution in [3.05, 3.63) is 29.3 Å². The maximum atomic E-state index is 12.0. The van der Waals surface area contributed by atoms with Crippen molar-refractivity contribution >= 4 is 15.7 Å². The van der Waals surface area contributed by atoms with Gasteiger partial charge in [0.2, 0.25) is 10.0 Å². The fourth-order valence-electron chi connectivity index (χ4n) is 3.13. The standard InChI is InChI=1S/C15H22N2O2S/c18-20(19)12-2-1-10-17(20)11-8-14-6-3-5-13-7-4-9-16-15(13)14/h3,5-6,16H,1-2,4,7-12H2. The van der Waals surface area contributed by atoms with Crippen LogP contribution in [0.4, 0.5) is 5.69 Å². The lowest BCUT2D eigenvalue weighted by Crippen LogP contribution is -2.39. The number of nitrogens with one attached hydrogen (secondary N) is 1. The summed E-state index contributed by atoms with van der Waals surface area (Å²) in [6, 6.07) is 6.38. The molecule has 3 rings (SSSR count). The van der Waals surface area contributed by atoms with Crippen LogP contribution in [-0.2, 0) is 22.9 Å². The van der Waals surface area contributed by atoms with Gasteiger partial charge >= 0.3 is 0 Å². The van der Waals surface area contributed by atoms with Gasteiger partial charge in [-0.25, -0.2) is 12.7 Å². The quantitative estimate of drug-likeness (QED) is 0.928. The maximum Gasteiger partial charge on any atom is 0.214 e. The number of aryl methyl sites for hydroxylation is 1. The SMILES string of the molecule is O=S1(=O)CCCCN1CCc1cccc2c1NCCC2. The minimum absolute atomic E-state index is 0.318. The van der Waals surface area contributed by atoms with E-state index >= 15 is 0 Å². The Morgan fingerprint density at radius 1 is 1.20 bits per heavy atom. The van der Waals surface area contributed by atoms with E-state index in [-0.39, 0.29) is 0 Å². The Hall–Kier alpha value is -1.07. The summed E-state index contributed by atoms with van der Waals surface area (Å²) in [5.74, 6) is 0.318. The van der Waals surface area contributed by atoms with Crippen molar-refractivity contribution in [2.45, 2.75) is 32.1 Å². The number of benzene rings is 1. The molecule has 1 aromatic carbocycles. The van der Waals surface area contributed by atoms with E-state index < -0.39 is 10.0 Å². The van der Waals surface area contributed by atoms with Gasteiger partial charge in [-0.3, -0.25) is 0 Å². The van der Waals surface area contributed by atoms with E-state index in [2.05, 4.69) is 23.5 Å². The number of fused-ring (bicyclic) bond motifs is 1. The van der Waals surface area contributed by atoms with E-state index in [0.717, 1.165) is 32.2 Å². The molecule has 0 aromatic heterocycles. The van der Waals surface area contributed by atoms with Gasteiger partial charge < -0.3 is 5.32 Å². The number of hydrogen-bond donors (Lipinski definition) is 1. The van der Waals surface area contributed by atoms with Crippen LogP contribution < -0.4 is 5.32 Å². The van der Waals surface area contributed by atoms with E-state index in [9.17, 15) is 8.42 Å². The predicted octanol–water partition coefficient (Wildman–Crippen LogP) is 2.01. The average molecular weight is 294 g/mol. The monoisotopic (exact) mass is 294 g/mol. The molecule has 4 nitrogen and oxygen atoms in total. The first-order chi connectivity index (χ1) is 9.67. The minimum atomic E-state index is -3.00. The van der Waals surface area contributed by atoms with Crippen LogP contribution in [0.25, 0.3) is 0 Å². The summed E-state index contributed by atoms with van der Waals surface area (Å²) in [5, 5.41) is 3.47. The summed E-state index contributed by atoms with van der Waals surface area (Å²) in [6.07, 6.45) is 4.90. The molecule has 110 valence electrons. The van der Waals surface area contributed by atoms with Crippen LogP contribution in [0.2, 0.25) is 0 Å². The van der Waals surface area contributed by atoms with E-state index in [1.165, 1.54) is 23.2 Å². The van der Waals surface area contributed by atoms with Gasteiger partial charge in [-0.1, -0.05) is 18.2 Å². The summed E-state index contributed by atoms with van der Waals surface area (Å²) in [5.41, 5.74) is 3.87. The van der Waals surface area contributed by atoms with Gasteiger partial charge in [0.15, 0.2) is 0 Å². The fourth-order valence-corrected chi connectivity index (χ4v) is 4.73. The molecule has 0 amide bonds. The van der Waals surface area contributed by atoms with Crippen LogP contribution in [0.1, 0.15) is 30.4 Å². The molecule has 2 aliphatic rings. The Kier molecular flexibility index (Phi) is 3.98. The molecule has 0 aliphatic carbocycles. The lowest BCUT2D eigenvalue weighted by molar-refractivity contribution is 0.386. The molecule has 2 heterocycles. The Balaban J connectivity index is 1.72. The second-order valence-electron chi connectivity index (χ2n) is 5.65. The first-order valence-corrected chi connectivity index (χ1v) is 9.10. The molecule has 1 aromatic rings. The van der Waals surface area contributed by atoms with Crippen LogP contribution in [0.5, 0.6) is 0 Å². The van der Waals surface area contributed by atoms with Crippen molar-refractivity contribution in [2.24, 2.45) is 0 Å². The molecule has 1 fully saturated rings. The molecule has 5 heteroatoms. The second-order valence-corrected chi connectivity index (χ2v) is 7.74. The molecule has 20 heavy (non-hydrogen) atoms. The van der Waals surface area contributed by atoms with Gasteiger partial charge in [0.25, 0.3) is 0 Å². The van der Waals surface area contributed by atoms with E-state index in [0.29, 0.717) is 18.8 Å². The van der Waals surface area contributed by atoms with Gasteiger partial charge in [-0.05, 0) is 43.2 Å². The Morgan fingerprint density at radius 2 is 2.10 bits per heavy atom.